The SMILES string of the molecule is O=C(C1CCCNC1)N1CCN(Cc2cccc3ccccc23)CC1. The van der Waals surface area contributed by atoms with E-state index in [2.05, 4.69) is 57.6 Å². The van der Waals surface area contributed by atoms with Gasteiger partial charge in [-0.15, -0.1) is 0 Å². The van der Waals surface area contributed by atoms with Crippen LogP contribution in [0.25, 0.3) is 10.8 Å². The smallest absolute Gasteiger partial charge is 0.227 e. The van der Waals surface area contributed by atoms with E-state index in [1.165, 1.54) is 16.3 Å². The van der Waals surface area contributed by atoms with Crippen molar-refractivity contribution in [2.75, 3.05) is 39.3 Å². The number of piperidine rings is 1. The lowest BCUT2D eigenvalue weighted by atomic mass is 9.98. The van der Waals surface area contributed by atoms with Gasteiger partial charge in [-0.2, -0.15) is 0 Å². The number of fused-ring (bicyclic) bond motifs is 1. The molecule has 4 rings (SSSR count). The number of nitrogens with one attached hydrogen (secondary N) is 1. The normalized spacial score (nSPS) is 22.2. The molecule has 0 aromatic heterocycles. The van der Waals surface area contributed by atoms with Crippen LogP contribution in [0, 0.1) is 5.92 Å². The van der Waals surface area contributed by atoms with Gasteiger partial charge in [0.15, 0.2) is 0 Å². The number of benzene rings is 2. The van der Waals surface area contributed by atoms with Crippen LogP contribution in [0.15, 0.2) is 42.5 Å². The van der Waals surface area contributed by atoms with Crippen LogP contribution in [0.5, 0.6) is 0 Å². The Hall–Kier alpha value is -1.91. The Labute approximate surface area is 149 Å². The van der Waals surface area contributed by atoms with Gasteiger partial charge in [-0.25, -0.2) is 0 Å². The molecule has 2 fully saturated rings. The zero-order valence-corrected chi connectivity index (χ0v) is 14.8. The Morgan fingerprint density at radius 1 is 1.04 bits per heavy atom. The quantitative estimate of drug-likeness (QED) is 0.935. The summed E-state index contributed by atoms with van der Waals surface area (Å²) in [5, 5.41) is 6.00. The summed E-state index contributed by atoms with van der Waals surface area (Å²) in [6.07, 6.45) is 2.17. The minimum Gasteiger partial charge on any atom is -0.340 e. The van der Waals surface area contributed by atoms with Gasteiger partial charge in [0, 0.05) is 39.3 Å². The standard InChI is InChI=1S/C21H27N3O/c25-21(18-8-4-10-22-15-18)24-13-11-23(12-14-24)16-19-7-3-6-17-5-1-2-9-20(17)19/h1-3,5-7,9,18,22H,4,8,10-16H2. The van der Waals surface area contributed by atoms with E-state index in [-0.39, 0.29) is 5.92 Å². The maximum atomic E-state index is 12.7. The van der Waals surface area contributed by atoms with Crippen molar-refractivity contribution in [3.05, 3.63) is 48.0 Å². The van der Waals surface area contributed by atoms with Gasteiger partial charge in [0.25, 0.3) is 0 Å². The van der Waals surface area contributed by atoms with Crippen LogP contribution in [-0.2, 0) is 11.3 Å². The van der Waals surface area contributed by atoms with Crippen LogP contribution in [0.1, 0.15) is 18.4 Å². The Morgan fingerprint density at radius 3 is 2.64 bits per heavy atom. The second kappa shape index (κ2) is 7.54. The van der Waals surface area contributed by atoms with Crippen LogP contribution in [0.2, 0.25) is 0 Å². The number of hydrogen-bond donors (Lipinski definition) is 1. The molecule has 2 saturated heterocycles. The second-order valence-electron chi connectivity index (χ2n) is 7.28. The van der Waals surface area contributed by atoms with Gasteiger partial charge in [-0.3, -0.25) is 9.69 Å². The van der Waals surface area contributed by atoms with E-state index in [1.54, 1.807) is 0 Å². The average Bonchev–Trinajstić information content (AvgIpc) is 2.69. The van der Waals surface area contributed by atoms with Gasteiger partial charge in [0.2, 0.25) is 5.91 Å². The molecular weight excluding hydrogens is 310 g/mol. The molecule has 1 N–H and O–H groups in total. The summed E-state index contributed by atoms with van der Waals surface area (Å²) in [5.41, 5.74) is 1.38. The summed E-state index contributed by atoms with van der Waals surface area (Å²) in [5.74, 6) is 0.551. The molecule has 2 aliphatic rings. The highest BCUT2D eigenvalue weighted by atomic mass is 16.2. The number of piperazine rings is 1. The predicted octanol–water partition coefficient (Wildman–Crippen LogP) is 2.48. The molecule has 4 nitrogen and oxygen atoms in total. The Bertz CT molecular complexity index is 726. The van der Waals surface area contributed by atoms with Crippen molar-refractivity contribution in [1.82, 2.24) is 15.1 Å². The summed E-state index contributed by atoms with van der Waals surface area (Å²) in [6, 6.07) is 15.1. The maximum Gasteiger partial charge on any atom is 0.227 e. The highest BCUT2D eigenvalue weighted by molar-refractivity contribution is 5.85. The molecule has 1 atom stereocenters. The zero-order chi connectivity index (χ0) is 17.1. The molecule has 0 radical (unpaired) electrons. The third-order valence-electron chi connectivity index (χ3n) is 5.60. The molecule has 0 aliphatic carbocycles. The molecule has 0 saturated carbocycles. The maximum absolute atomic E-state index is 12.7. The van der Waals surface area contributed by atoms with Gasteiger partial charge < -0.3 is 10.2 Å². The highest BCUT2D eigenvalue weighted by Crippen LogP contribution is 2.21. The first kappa shape index (κ1) is 16.6. The van der Waals surface area contributed by atoms with Gasteiger partial charge >= 0.3 is 0 Å². The molecule has 25 heavy (non-hydrogen) atoms. The molecular formula is C21H27N3O. The molecule has 132 valence electrons. The molecule has 0 bridgehead atoms. The Balaban J connectivity index is 1.36. The average molecular weight is 337 g/mol. The van der Waals surface area contributed by atoms with E-state index in [4.69, 9.17) is 0 Å². The van der Waals surface area contributed by atoms with Crippen molar-refractivity contribution in [3.8, 4) is 0 Å². The lowest BCUT2D eigenvalue weighted by Gasteiger charge is -2.37. The third-order valence-corrected chi connectivity index (χ3v) is 5.60. The predicted molar refractivity (Wildman–Crippen MR) is 101 cm³/mol. The first-order valence-corrected chi connectivity index (χ1v) is 9.50. The van der Waals surface area contributed by atoms with E-state index in [0.717, 1.165) is 58.7 Å². The fraction of sp³-hybridized carbons (Fsp3) is 0.476. The van der Waals surface area contributed by atoms with E-state index < -0.39 is 0 Å². The van der Waals surface area contributed by atoms with E-state index >= 15 is 0 Å². The number of amides is 1. The number of rotatable bonds is 3. The topological polar surface area (TPSA) is 35.6 Å². The molecule has 2 aromatic carbocycles. The number of carbonyl (C=O) groups is 1. The monoisotopic (exact) mass is 337 g/mol. The highest BCUT2D eigenvalue weighted by Gasteiger charge is 2.28. The van der Waals surface area contributed by atoms with Crippen molar-refractivity contribution >= 4 is 16.7 Å². The molecule has 4 heteroatoms. The summed E-state index contributed by atoms with van der Waals surface area (Å²) in [7, 11) is 0. The third kappa shape index (κ3) is 3.70. The molecule has 2 aliphatic heterocycles. The van der Waals surface area contributed by atoms with Gasteiger partial charge in [0.05, 0.1) is 5.92 Å². The largest absolute Gasteiger partial charge is 0.340 e. The summed E-state index contributed by atoms with van der Waals surface area (Å²) in [6.45, 7) is 6.54. The van der Waals surface area contributed by atoms with Crippen molar-refractivity contribution in [2.45, 2.75) is 19.4 Å². The van der Waals surface area contributed by atoms with Gasteiger partial charge in [-0.05, 0) is 35.7 Å². The molecule has 1 amide bonds. The fourth-order valence-corrected chi connectivity index (χ4v) is 4.12. The minimum atomic E-state index is 0.193. The number of nitrogens with zero attached hydrogens (tertiary/aromatic N) is 2. The van der Waals surface area contributed by atoms with E-state index in [0.29, 0.717) is 5.91 Å². The van der Waals surface area contributed by atoms with Crippen molar-refractivity contribution < 1.29 is 4.79 Å². The van der Waals surface area contributed by atoms with E-state index in [9.17, 15) is 4.79 Å². The zero-order valence-electron chi connectivity index (χ0n) is 14.8. The number of hydrogen-bond acceptors (Lipinski definition) is 3. The second-order valence-corrected chi connectivity index (χ2v) is 7.28. The summed E-state index contributed by atoms with van der Waals surface area (Å²) < 4.78 is 0. The molecule has 0 spiro atoms. The van der Waals surface area contributed by atoms with Gasteiger partial charge in [-0.1, -0.05) is 42.5 Å². The van der Waals surface area contributed by atoms with E-state index in [1.807, 2.05) is 0 Å². The summed E-state index contributed by atoms with van der Waals surface area (Å²) in [4.78, 5) is 17.2. The first-order valence-electron chi connectivity index (χ1n) is 9.50. The van der Waals surface area contributed by atoms with Crippen LogP contribution in [0.3, 0.4) is 0 Å². The van der Waals surface area contributed by atoms with Gasteiger partial charge in [0.1, 0.15) is 0 Å². The fourth-order valence-electron chi connectivity index (χ4n) is 4.12. The lowest BCUT2D eigenvalue weighted by molar-refractivity contribution is -0.137. The Kier molecular flexibility index (Phi) is 4.99. The van der Waals surface area contributed by atoms with Crippen LogP contribution < -0.4 is 5.32 Å². The minimum absolute atomic E-state index is 0.193. The summed E-state index contributed by atoms with van der Waals surface area (Å²) >= 11 is 0. The van der Waals surface area contributed by atoms with Crippen LogP contribution in [0.4, 0.5) is 0 Å². The molecule has 2 heterocycles. The van der Waals surface area contributed by atoms with Crippen LogP contribution in [-0.4, -0.2) is 55.0 Å². The lowest BCUT2D eigenvalue weighted by Crippen LogP contribution is -2.51. The Morgan fingerprint density at radius 2 is 1.84 bits per heavy atom. The molecule has 1 unspecified atom stereocenters. The van der Waals surface area contributed by atoms with Crippen molar-refractivity contribution in [3.63, 3.8) is 0 Å². The van der Waals surface area contributed by atoms with Crippen LogP contribution >= 0.6 is 0 Å². The number of carbonyl (C=O) groups excluding carboxylic acids is 1. The van der Waals surface area contributed by atoms with Crippen molar-refractivity contribution in [2.24, 2.45) is 5.92 Å². The first-order chi connectivity index (χ1) is 12.3. The van der Waals surface area contributed by atoms with Crippen molar-refractivity contribution in [1.29, 1.82) is 0 Å². The molecule has 2 aromatic rings.